The molecule has 0 N–H and O–H groups in total. The first-order valence-electron chi connectivity index (χ1n) is 4.70. The van der Waals surface area contributed by atoms with Gasteiger partial charge in [0.05, 0.1) is 4.90 Å². The molecule has 1 aliphatic heterocycles. The van der Waals surface area contributed by atoms with E-state index >= 15 is 0 Å². The highest BCUT2D eigenvalue weighted by Gasteiger charge is 2.32. The first-order valence-corrected chi connectivity index (χ1v) is 5.58. The molecule has 0 bridgehead atoms. The molecule has 2 rings (SSSR count). The molecule has 15 heavy (non-hydrogen) atoms. The van der Waals surface area contributed by atoms with Gasteiger partial charge in [-0.25, -0.2) is 8.78 Å². The normalized spacial score (nSPS) is 25.2. The Balaban J connectivity index is 2.60. The second-order valence-electron chi connectivity index (χ2n) is 3.74. The summed E-state index contributed by atoms with van der Waals surface area (Å²) < 4.78 is 26.3. The average Bonchev–Trinajstić information content (AvgIpc) is 2.17. The van der Waals surface area contributed by atoms with E-state index in [0.717, 1.165) is 12.1 Å². The Bertz CT molecular complexity index is 431. The van der Waals surface area contributed by atoms with Crippen molar-refractivity contribution in [2.75, 3.05) is 0 Å². The highest BCUT2D eigenvalue weighted by atomic mass is 32.2. The van der Waals surface area contributed by atoms with Gasteiger partial charge in [0.25, 0.3) is 0 Å². The second kappa shape index (κ2) is 3.59. The van der Waals surface area contributed by atoms with Crippen LogP contribution in [0.25, 0.3) is 0 Å². The van der Waals surface area contributed by atoms with Crippen molar-refractivity contribution < 1.29 is 13.6 Å². The van der Waals surface area contributed by atoms with E-state index in [1.165, 1.54) is 11.8 Å². The fraction of sp³-hybridized carbons (Fsp3) is 0.364. The summed E-state index contributed by atoms with van der Waals surface area (Å²) in [4.78, 5) is 12.1. The summed E-state index contributed by atoms with van der Waals surface area (Å²) in [6, 6.07) is 1.94. The summed E-state index contributed by atoms with van der Waals surface area (Å²) in [7, 11) is 0. The number of thioether (sulfide) groups is 1. The number of carbonyl (C=O) groups is 1. The molecule has 2 unspecified atom stereocenters. The van der Waals surface area contributed by atoms with Gasteiger partial charge in [0.2, 0.25) is 0 Å². The zero-order valence-corrected chi connectivity index (χ0v) is 9.20. The van der Waals surface area contributed by atoms with E-state index in [4.69, 9.17) is 0 Å². The number of hydrogen-bond donors (Lipinski definition) is 0. The van der Waals surface area contributed by atoms with Crippen molar-refractivity contribution in [1.82, 2.24) is 0 Å². The van der Waals surface area contributed by atoms with Gasteiger partial charge in [-0.15, -0.1) is 11.8 Å². The van der Waals surface area contributed by atoms with Crippen molar-refractivity contribution >= 4 is 17.5 Å². The number of rotatable bonds is 0. The van der Waals surface area contributed by atoms with Crippen molar-refractivity contribution in [3.05, 3.63) is 29.3 Å². The third-order valence-electron chi connectivity index (χ3n) is 2.70. The maximum absolute atomic E-state index is 13.4. The standard InChI is InChI=1S/C11H10F2OS/c1-5-6(2)15-11-8(10(5)14)3-7(12)4-9(11)13/h3-6H,1-2H3. The van der Waals surface area contributed by atoms with E-state index in [1.807, 2.05) is 6.92 Å². The molecular weight excluding hydrogens is 218 g/mol. The largest absolute Gasteiger partial charge is 0.294 e. The third kappa shape index (κ3) is 1.67. The molecule has 0 radical (unpaired) electrons. The molecule has 1 aromatic carbocycles. The number of carbonyl (C=O) groups excluding carboxylic acids is 1. The molecule has 0 aliphatic carbocycles. The van der Waals surface area contributed by atoms with Crippen LogP contribution in [0.1, 0.15) is 24.2 Å². The van der Waals surface area contributed by atoms with Crippen molar-refractivity contribution in [1.29, 1.82) is 0 Å². The lowest BCUT2D eigenvalue weighted by atomic mass is 9.96. The number of ketones is 1. The highest BCUT2D eigenvalue weighted by Crippen LogP contribution is 2.39. The summed E-state index contributed by atoms with van der Waals surface area (Å²) in [6.07, 6.45) is 0. The zero-order chi connectivity index (χ0) is 11.2. The molecule has 0 saturated carbocycles. The van der Waals surface area contributed by atoms with Crippen LogP contribution >= 0.6 is 11.8 Å². The number of Topliss-reactive ketones (excluding diaryl/α,β-unsaturated/α-hetero) is 1. The van der Waals surface area contributed by atoms with E-state index in [-0.39, 0.29) is 27.4 Å². The molecule has 80 valence electrons. The summed E-state index contributed by atoms with van der Waals surface area (Å²) >= 11 is 1.30. The van der Waals surface area contributed by atoms with Gasteiger partial charge < -0.3 is 0 Å². The first-order chi connectivity index (χ1) is 7.00. The average molecular weight is 228 g/mol. The number of halogens is 2. The van der Waals surface area contributed by atoms with Crippen LogP contribution in [0.3, 0.4) is 0 Å². The smallest absolute Gasteiger partial charge is 0.168 e. The fourth-order valence-electron chi connectivity index (χ4n) is 1.61. The highest BCUT2D eigenvalue weighted by molar-refractivity contribution is 8.00. The lowest BCUT2D eigenvalue weighted by Crippen LogP contribution is -2.26. The van der Waals surface area contributed by atoms with E-state index in [9.17, 15) is 13.6 Å². The lowest BCUT2D eigenvalue weighted by Gasteiger charge is -2.26. The Hall–Kier alpha value is -0.900. The van der Waals surface area contributed by atoms with E-state index < -0.39 is 11.6 Å². The summed E-state index contributed by atoms with van der Waals surface area (Å²) in [5, 5.41) is 0.0324. The van der Waals surface area contributed by atoms with Crippen LogP contribution in [0.15, 0.2) is 17.0 Å². The molecule has 0 fully saturated rings. The lowest BCUT2D eigenvalue weighted by molar-refractivity contribution is 0.0922. The Labute approximate surface area is 90.9 Å². The van der Waals surface area contributed by atoms with Crippen molar-refractivity contribution in [3.8, 4) is 0 Å². The van der Waals surface area contributed by atoms with E-state index in [2.05, 4.69) is 0 Å². The van der Waals surface area contributed by atoms with Gasteiger partial charge >= 0.3 is 0 Å². The fourth-order valence-corrected chi connectivity index (χ4v) is 2.77. The third-order valence-corrected chi connectivity index (χ3v) is 4.13. The molecule has 1 aliphatic rings. The first kappa shape index (κ1) is 10.6. The molecule has 0 saturated heterocycles. The summed E-state index contributed by atoms with van der Waals surface area (Å²) in [5.74, 6) is -1.69. The summed E-state index contributed by atoms with van der Waals surface area (Å²) in [6.45, 7) is 3.66. The summed E-state index contributed by atoms with van der Waals surface area (Å²) in [5.41, 5.74) is 0.183. The van der Waals surface area contributed by atoms with Crippen LogP contribution in [0.5, 0.6) is 0 Å². The number of fused-ring (bicyclic) bond motifs is 1. The Morgan fingerprint density at radius 1 is 1.27 bits per heavy atom. The van der Waals surface area contributed by atoms with Crippen LogP contribution in [0.4, 0.5) is 8.78 Å². The van der Waals surface area contributed by atoms with Crippen LogP contribution < -0.4 is 0 Å². The van der Waals surface area contributed by atoms with Gasteiger partial charge in [0.15, 0.2) is 5.78 Å². The van der Waals surface area contributed by atoms with Crippen molar-refractivity contribution in [2.45, 2.75) is 24.0 Å². The Kier molecular flexibility index (Phi) is 2.54. The van der Waals surface area contributed by atoms with Crippen LogP contribution in [-0.2, 0) is 0 Å². The van der Waals surface area contributed by atoms with Gasteiger partial charge in [-0.3, -0.25) is 4.79 Å². The quantitative estimate of drug-likeness (QED) is 0.677. The molecule has 0 aromatic heterocycles. The van der Waals surface area contributed by atoms with E-state index in [1.54, 1.807) is 6.92 Å². The van der Waals surface area contributed by atoms with Crippen LogP contribution in [0, 0.1) is 17.6 Å². The maximum Gasteiger partial charge on any atom is 0.168 e. The van der Waals surface area contributed by atoms with Gasteiger partial charge in [0.1, 0.15) is 11.6 Å². The monoisotopic (exact) mass is 228 g/mol. The zero-order valence-electron chi connectivity index (χ0n) is 8.38. The minimum absolute atomic E-state index is 0.0324. The van der Waals surface area contributed by atoms with Gasteiger partial charge in [-0.2, -0.15) is 0 Å². The Morgan fingerprint density at radius 3 is 2.60 bits per heavy atom. The molecule has 0 spiro atoms. The van der Waals surface area contributed by atoms with Crippen molar-refractivity contribution in [3.63, 3.8) is 0 Å². The molecule has 1 aromatic rings. The Morgan fingerprint density at radius 2 is 1.93 bits per heavy atom. The predicted octanol–water partition coefficient (Wildman–Crippen LogP) is 3.28. The topological polar surface area (TPSA) is 17.1 Å². The molecule has 4 heteroatoms. The molecule has 1 nitrogen and oxygen atoms in total. The predicted molar refractivity (Wildman–Crippen MR) is 55.2 cm³/mol. The van der Waals surface area contributed by atoms with Crippen LogP contribution in [0.2, 0.25) is 0 Å². The second-order valence-corrected chi connectivity index (χ2v) is 5.13. The maximum atomic E-state index is 13.4. The minimum Gasteiger partial charge on any atom is -0.294 e. The van der Waals surface area contributed by atoms with Gasteiger partial charge in [-0.1, -0.05) is 13.8 Å². The van der Waals surface area contributed by atoms with Gasteiger partial charge in [-0.05, 0) is 6.07 Å². The number of hydrogen-bond acceptors (Lipinski definition) is 2. The van der Waals surface area contributed by atoms with Crippen LogP contribution in [-0.4, -0.2) is 11.0 Å². The molecule has 0 amide bonds. The minimum atomic E-state index is -0.693. The molecule has 2 atom stereocenters. The molecular formula is C11H10F2OS. The van der Waals surface area contributed by atoms with Crippen molar-refractivity contribution in [2.24, 2.45) is 5.92 Å². The molecule has 1 heterocycles. The van der Waals surface area contributed by atoms with E-state index in [0.29, 0.717) is 0 Å². The SMILES string of the molecule is CC1Sc2c(F)cc(F)cc2C(=O)C1C. The number of benzene rings is 1. The van der Waals surface area contributed by atoms with Gasteiger partial charge in [0, 0.05) is 22.8 Å².